The van der Waals surface area contributed by atoms with E-state index >= 15 is 0 Å². The molecule has 3 atom stereocenters. The molecule has 0 aliphatic heterocycles. The van der Waals surface area contributed by atoms with Gasteiger partial charge in [0.2, 0.25) is 5.91 Å². The molecule has 162 valence electrons. The van der Waals surface area contributed by atoms with E-state index in [0.29, 0.717) is 23.9 Å². The third-order valence-electron chi connectivity index (χ3n) is 5.30. The van der Waals surface area contributed by atoms with Gasteiger partial charge in [-0.2, -0.15) is 5.26 Å². The summed E-state index contributed by atoms with van der Waals surface area (Å²) >= 11 is 0. The van der Waals surface area contributed by atoms with E-state index in [0.717, 1.165) is 16.7 Å². The molecule has 0 saturated heterocycles. The molecule has 8 nitrogen and oxygen atoms in total. The number of nitriles is 1. The number of rotatable bonds is 8. The Balaban J connectivity index is 1.68. The molecule has 0 aliphatic carbocycles. The molecule has 0 bridgehead atoms. The predicted molar refractivity (Wildman–Crippen MR) is 117 cm³/mol. The largest absolute Gasteiger partial charge is 0.419 e. The van der Waals surface area contributed by atoms with Gasteiger partial charge in [-0.15, -0.1) is 0 Å². The van der Waals surface area contributed by atoms with Crippen molar-refractivity contribution in [1.82, 2.24) is 9.88 Å². The van der Waals surface area contributed by atoms with Crippen LogP contribution in [0, 0.1) is 17.2 Å². The van der Waals surface area contributed by atoms with Crippen molar-refractivity contribution in [1.29, 1.82) is 5.26 Å². The lowest BCUT2D eigenvalue weighted by Gasteiger charge is -2.18. The summed E-state index contributed by atoms with van der Waals surface area (Å²) in [6.45, 7) is 1.76. The zero-order valence-corrected chi connectivity index (χ0v) is 17.5. The average Bonchev–Trinajstić information content (AvgIpc) is 3.06. The summed E-state index contributed by atoms with van der Waals surface area (Å²) in [7, 11) is 1.66. The van der Waals surface area contributed by atoms with Crippen LogP contribution in [0.25, 0.3) is 22.2 Å². The number of carbonyl (C=O) groups excluding carboxylic acids is 1. The standard InChI is InChI=1S/C23H26N4O4/c1-14(13-28)9-19(25)22(29)26-18(12-24)10-15-3-5-16(6-4-15)17-7-8-21-20(11-17)27(2)23(30)31-21/h3-8,11,14,18-19,28H,9-10,13,25H2,1-2H3,(H,26,29)/t14?,18-,19?/m0/s1. The Morgan fingerprint density at radius 2 is 1.94 bits per heavy atom. The van der Waals surface area contributed by atoms with Crippen LogP contribution in [0.2, 0.25) is 0 Å². The molecule has 31 heavy (non-hydrogen) atoms. The van der Waals surface area contributed by atoms with E-state index < -0.39 is 23.7 Å². The summed E-state index contributed by atoms with van der Waals surface area (Å²) in [6.07, 6.45) is 0.696. The number of nitrogens with one attached hydrogen (secondary N) is 1. The van der Waals surface area contributed by atoms with Gasteiger partial charge in [-0.1, -0.05) is 37.3 Å². The summed E-state index contributed by atoms with van der Waals surface area (Å²) in [4.78, 5) is 23.9. The highest BCUT2D eigenvalue weighted by molar-refractivity contribution is 5.82. The molecular formula is C23H26N4O4. The van der Waals surface area contributed by atoms with E-state index in [2.05, 4.69) is 11.4 Å². The van der Waals surface area contributed by atoms with Gasteiger partial charge in [-0.05, 0) is 41.2 Å². The third kappa shape index (κ3) is 5.20. The first-order valence-corrected chi connectivity index (χ1v) is 10.1. The molecule has 4 N–H and O–H groups in total. The minimum absolute atomic E-state index is 0.0428. The Labute approximate surface area is 179 Å². The maximum absolute atomic E-state index is 12.2. The van der Waals surface area contributed by atoms with Crippen LogP contribution in [0.5, 0.6) is 0 Å². The van der Waals surface area contributed by atoms with Crippen molar-refractivity contribution in [3.05, 3.63) is 58.6 Å². The van der Waals surface area contributed by atoms with Crippen molar-refractivity contribution < 1.29 is 14.3 Å². The Bertz CT molecular complexity index is 1160. The second-order valence-electron chi connectivity index (χ2n) is 7.83. The van der Waals surface area contributed by atoms with Crippen LogP contribution in [0.4, 0.5) is 0 Å². The van der Waals surface area contributed by atoms with E-state index in [4.69, 9.17) is 15.3 Å². The maximum atomic E-state index is 12.2. The zero-order chi connectivity index (χ0) is 22.5. The summed E-state index contributed by atoms with van der Waals surface area (Å²) in [6, 6.07) is 13.8. The summed E-state index contributed by atoms with van der Waals surface area (Å²) in [5, 5.41) is 21.2. The van der Waals surface area contributed by atoms with Crippen LogP contribution in [0.1, 0.15) is 18.9 Å². The predicted octanol–water partition coefficient (Wildman–Crippen LogP) is 1.70. The molecule has 0 saturated carbocycles. The van der Waals surface area contributed by atoms with Crippen LogP contribution in [0.15, 0.2) is 51.7 Å². The number of amides is 1. The van der Waals surface area contributed by atoms with Gasteiger partial charge in [-0.25, -0.2) is 4.79 Å². The number of nitrogens with two attached hydrogens (primary N) is 1. The molecule has 2 aromatic carbocycles. The average molecular weight is 422 g/mol. The Morgan fingerprint density at radius 1 is 1.26 bits per heavy atom. The molecule has 0 aliphatic rings. The van der Waals surface area contributed by atoms with Gasteiger partial charge in [-0.3, -0.25) is 9.36 Å². The SMILES string of the molecule is CC(CO)CC(N)C(=O)N[C@H](C#N)Cc1ccc(-c2ccc3oc(=O)n(C)c3c2)cc1. The smallest absolute Gasteiger partial charge is 0.408 e. The number of carbonyl (C=O) groups is 1. The molecule has 0 radical (unpaired) electrons. The lowest BCUT2D eigenvalue weighted by molar-refractivity contribution is -0.123. The van der Waals surface area contributed by atoms with Crippen LogP contribution >= 0.6 is 0 Å². The molecule has 1 heterocycles. The van der Waals surface area contributed by atoms with Crippen LogP contribution in [-0.2, 0) is 18.3 Å². The fraction of sp³-hybridized carbons (Fsp3) is 0.348. The van der Waals surface area contributed by atoms with Gasteiger partial charge in [0.05, 0.1) is 17.6 Å². The molecule has 1 aromatic heterocycles. The molecule has 3 rings (SSSR count). The van der Waals surface area contributed by atoms with Crippen molar-refractivity contribution >= 4 is 17.0 Å². The zero-order valence-electron chi connectivity index (χ0n) is 17.5. The van der Waals surface area contributed by atoms with Crippen LogP contribution < -0.4 is 16.8 Å². The quantitative estimate of drug-likeness (QED) is 0.506. The van der Waals surface area contributed by atoms with Gasteiger partial charge in [0, 0.05) is 20.1 Å². The number of fused-ring (bicyclic) bond motifs is 1. The lowest BCUT2D eigenvalue weighted by atomic mass is 10.00. The van der Waals surface area contributed by atoms with Crippen molar-refractivity contribution in [2.24, 2.45) is 18.7 Å². The van der Waals surface area contributed by atoms with Gasteiger partial charge in [0.15, 0.2) is 5.58 Å². The highest BCUT2D eigenvalue weighted by atomic mass is 16.4. The van der Waals surface area contributed by atoms with Crippen LogP contribution in [0.3, 0.4) is 0 Å². The van der Waals surface area contributed by atoms with E-state index in [1.165, 1.54) is 4.57 Å². The fourth-order valence-electron chi connectivity index (χ4n) is 3.40. The fourth-order valence-corrected chi connectivity index (χ4v) is 3.40. The molecule has 0 fully saturated rings. The normalized spacial score (nSPS) is 14.0. The van der Waals surface area contributed by atoms with Crippen LogP contribution in [-0.4, -0.2) is 34.3 Å². The first-order chi connectivity index (χ1) is 14.8. The number of oxazole rings is 1. The first-order valence-electron chi connectivity index (χ1n) is 10.1. The molecule has 8 heteroatoms. The van der Waals surface area contributed by atoms with E-state index in [9.17, 15) is 14.9 Å². The number of aliphatic hydroxyl groups excluding tert-OH is 1. The molecular weight excluding hydrogens is 396 g/mol. The van der Waals surface area contributed by atoms with E-state index in [-0.39, 0.29) is 12.5 Å². The second-order valence-corrected chi connectivity index (χ2v) is 7.83. The molecule has 2 unspecified atom stereocenters. The Morgan fingerprint density at radius 3 is 2.58 bits per heavy atom. The molecule has 3 aromatic rings. The molecule has 0 spiro atoms. The topological polar surface area (TPSA) is 134 Å². The van der Waals surface area contributed by atoms with Crippen molar-refractivity contribution in [2.45, 2.75) is 31.8 Å². The minimum atomic E-state index is -0.769. The Hall–Kier alpha value is -3.41. The van der Waals surface area contributed by atoms with Crippen molar-refractivity contribution in [3.8, 4) is 17.2 Å². The number of hydrogen-bond acceptors (Lipinski definition) is 6. The minimum Gasteiger partial charge on any atom is -0.408 e. The number of aryl methyl sites for hydroxylation is 1. The maximum Gasteiger partial charge on any atom is 0.419 e. The van der Waals surface area contributed by atoms with Crippen molar-refractivity contribution in [3.63, 3.8) is 0 Å². The number of benzene rings is 2. The van der Waals surface area contributed by atoms with E-state index in [1.54, 1.807) is 20.0 Å². The highest BCUT2D eigenvalue weighted by Crippen LogP contribution is 2.24. The third-order valence-corrected chi connectivity index (χ3v) is 5.30. The number of aliphatic hydroxyl groups is 1. The summed E-state index contributed by atoms with van der Waals surface area (Å²) in [5.41, 5.74) is 9.90. The Kier molecular flexibility index (Phi) is 6.90. The van der Waals surface area contributed by atoms with Crippen molar-refractivity contribution in [2.75, 3.05) is 6.61 Å². The van der Waals surface area contributed by atoms with Gasteiger partial charge in [0.25, 0.3) is 0 Å². The van der Waals surface area contributed by atoms with Gasteiger partial charge in [0.1, 0.15) is 6.04 Å². The number of nitrogens with zero attached hydrogens (tertiary/aromatic N) is 2. The molecule has 1 amide bonds. The second kappa shape index (κ2) is 9.60. The highest BCUT2D eigenvalue weighted by Gasteiger charge is 2.20. The number of aromatic nitrogens is 1. The first kappa shape index (κ1) is 22.3. The van der Waals surface area contributed by atoms with E-state index in [1.807, 2.05) is 36.4 Å². The van der Waals surface area contributed by atoms with Gasteiger partial charge >= 0.3 is 5.76 Å². The lowest BCUT2D eigenvalue weighted by Crippen LogP contribution is -2.46. The van der Waals surface area contributed by atoms with Gasteiger partial charge < -0.3 is 20.6 Å². The number of hydrogen-bond donors (Lipinski definition) is 3. The summed E-state index contributed by atoms with van der Waals surface area (Å²) in [5.74, 6) is -0.891. The summed E-state index contributed by atoms with van der Waals surface area (Å²) < 4.78 is 6.62. The monoisotopic (exact) mass is 422 g/mol.